The Morgan fingerprint density at radius 3 is 2.42 bits per heavy atom. The first-order chi connectivity index (χ1) is 14.7. The number of hydrogen-bond acceptors (Lipinski definition) is 3. The number of alkyl halides is 3. The third kappa shape index (κ3) is 4.26. The van der Waals surface area contributed by atoms with E-state index in [1.54, 1.807) is 25.1 Å². The van der Waals surface area contributed by atoms with E-state index in [1.165, 1.54) is 16.7 Å². The minimum atomic E-state index is -4.64. The fourth-order valence-corrected chi connectivity index (χ4v) is 3.48. The Balaban J connectivity index is 2.34. The van der Waals surface area contributed by atoms with Crippen molar-refractivity contribution in [3.8, 4) is 5.69 Å². The summed E-state index contributed by atoms with van der Waals surface area (Å²) in [6.45, 7) is 4.02. The summed E-state index contributed by atoms with van der Waals surface area (Å²) in [5.74, 6) is -0.397. The normalized spacial score (nSPS) is 12.7. The molecule has 0 bridgehead atoms. The van der Waals surface area contributed by atoms with Gasteiger partial charge in [0, 0.05) is 6.54 Å². The van der Waals surface area contributed by atoms with Crippen LogP contribution in [-0.2, 0) is 11.0 Å². The van der Waals surface area contributed by atoms with Crippen molar-refractivity contribution < 1.29 is 18.0 Å². The number of para-hydroxylation sites is 1. The molecule has 164 valence electrons. The van der Waals surface area contributed by atoms with Gasteiger partial charge in [-0.1, -0.05) is 32.0 Å². The molecule has 2 aromatic carbocycles. The highest BCUT2D eigenvalue weighted by Crippen LogP contribution is 2.30. The summed E-state index contributed by atoms with van der Waals surface area (Å²) in [6.07, 6.45) is -3.69. The van der Waals surface area contributed by atoms with E-state index < -0.39 is 34.9 Å². The number of halogens is 3. The van der Waals surface area contributed by atoms with Crippen molar-refractivity contribution in [1.82, 2.24) is 14.5 Å². The maximum Gasteiger partial charge on any atom is 0.416 e. The summed E-state index contributed by atoms with van der Waals surface area (Å²) in [5.41, 5.74) is -2.57. The van der Waals surface area contributed by atoms with Crippen LogP contribution in [0.25, 0.3) is 16.6 Å². The second kappa shape index (κ2) is 8.79. The molecule has 0 fully saturated rings. The zero-order chi connectivity index (χ0) is 22.8. The van der Waals surface area contributed by atoms with E-state index in [9.17, 15) is 27.6 Å². The van der Waals surface area contributed by atoms with Crippen LogP contribution in [0.15, 0.2) is 58.1 Å². The number of amides is 1. The van der Waals surface area contributed by atoms with Crippen molar-refractivity contribution in [3.63, 3.8) is 0 Å². The van der Waals surface area contributed by atoms with Gasteiger partial charge in [-0.3, -0.25) is 14.2 Å². The van der Waals surface area contributed by atoms with Crippen molar-refractivity contribution in [2.75, 3.05) is 6.54 Å². The number of carbonyl (C=O) groups excluding carboxylic acids is 1. The Hall–Kier alpha value is -3.36. The summed E-state index contributed by atoms with van der Waals surface area (Å²) in [5, 5.41) is 2.87. The predicted octanol–water partition coefficient (Wildman–Crippen LogP) is 3.65. The summed E-state index contributed by atoms with van der Waals surface area (Å²) in [4.78, 5) is 39.2. The Bertz CT molecular complexity index is 1230. The lowest BCUT2D eigenvalue weighted by molar-refractivity contribution is -0.137. The number of aromatic nitrogens is 2. The van der Waals surface area contributed by atoms with Crippen molar-refractivity contribution in [3.05, 3.63) is 74.9 Å². The molecule has 1 amide bonds. The van der Waals surface area contributed by atoms with Crippen LogP contribution in [0.3, 0.4) is 0 Å². The minimum absolute atomic E-state index is 0.126. The standard InChI is InChI=1S/C22H22F3N3O3/c1-3-12-26-19(29)17(4-2)28-18-11-6-5-10-16(18)20(30)27(21(28)31)15-9-7-8-14(13-15)22(23,24)25/h5-11,13,17H,3-4,12H2,1-2H3,(H,26,29)/t17-/m0/s1. The number of benzene rings is 2. The maximum absolute atomic E-state index is 13.4. The second-order valence-corrected chi connectivity index (χ2v) is 7.07. The Morgan fingerprint density at radius 1 is 1.06 bits per heavy atom. The zero-order valence-corrected chi connectivity index (χ0v) is 17.1. The molecule has 0 saturated heterocycles. The molecule has 1 aromatic heterocycles. The zero-order valence-electron chi connectivity index (χ0n) is 17.1. The van der Waals surface area contributed by atoms with Gasteiger partial charge in [0.05, 0.1) is 22.2 Å². The van der Waals surface area contributed by atoms with Gasteiger partial charge in [-0.05, 0) is 43.2 Å². The van der Waals surface area contributed by atoms with Gasteiger partial charge in [-0.25, -0.2) is 9.36 Å². The van der Waals surface area contributed by atoms with Gasteiger partial charge < -0.3 is 5.32 Å². The summed E-state index contributed by atoms with van der Waals surface area (Å²) >= 11 is 0. The highest BCUT2D eigenvalue weighted by molar-refractivity contribution is 5.84. The maximum atomic E-state index is 13.4. The van der Waals surface area contributed by atoms with E-state index in [4.69, 9.17) is 0 Å². The third-order valence-corrected chi connectivity index (χ3v) is 4.98. The number of nitrogens with one attached hydrogen (secondary N) is 1. The molecule has 1 N–H and O–H groups in total. The molecule has 3 rings (SSSR count). The first kappa shape index (κ1) is 22.3. The van der Waals surface area contributed by atoms with Gasteiger partial charge in [0.1, 0.15) is 6.04 Å². The molecule has 0 aliphatic rings. The van der Waals surface area contributed by atoms with Crippen LogP contribution < -0.4 is 16.6 Å². The Morgan fingerprint density at radius 2 is 1.77 bits per heavy atom. The van der Waals surface area contributed by atoms with Crippen molar-refractivity contribution >= 4 is 16.8 Å². The van der Waals surface area contributed by atoms with Gasteiger partial charge >= 0.3 is 11.9 Å². The van der Waals surface area contributed by atoms with Crippen LogP contribution in [0.4, 0.5) is 13.2 Å². The molecule has 0 radical (unpaired) electrons. The lowest BCUT2D eigenvalue weighted by Crippen LogP contribution is -2.44. The Kier molecular flexibility index (Phi) is 6.33. The van der Waals surface area contributed by atoms with Gasteiger partial charge in [0.2, 0.25) is 5.91 Å². The molecule has 0 saturated carbocycles. The molecule has 9 heteroatoms. The van der Waals surface area contributed by atoms with Crippen molar-refractivity contribution in [2.45, 2.75) is 38.9 Å². The topological polar surface area (TPSA) is 73.1 Å². The highest BCUT2D eigenvalue weighted by Gasteiger charge is 2.31. The molecule has 0 spiro atoms. The number of rotatable bonds is 6. The number of hydrogen-bond donors (Lipinski definition) is 1. The van der Waals surface area contributed by atoms with E-state index in [-0.39, 0.29) is 23.0 Å². The molecule has 6 nitrogen and oxygen atoms in total. The van der Waals surface area contributed by atoms with E-state index in [0.717, 1.165) is 18.2 Å². The van der Waals surface area contributed by atoms with Gasteiger partial charge in [-0.2, -0.15) is 13.2 Å². The smallest absolute Gasteiger partial charge is 0.354 e. The molecule has 1 atom stereocenters. The molecule has 0 unspecified atom stereocenters. The van der Waals surface area contributed by atoms with Gasteiger partial charge in [0.15, 0.2) is 0 Å². The molecule has 0 aliphatic heterocycles. The van der Waals surface area contributed by atoms with Gasteiger partial charge in [0.25, 0.3) is 5.56 Å². The molecule has 31 heavy (non-hydrogen) atoms. The predicted molar refractivity (Wildman–Crippen MR) is 111 cm³/mol. The number of nitrogens with zero attached hydrogens (tertiary/aromatic N) is 2. The van der Waals surface area contributed by atoms with Crippen LogP contribution >= 0.6 is 0 Å². The number of fused-ring (bicyclic) bond motifs is 1. The van der Waals surface area contributed by atoms with Crippen LogP contribution in [0.2, 0.25) is 0 Å². The molecule has 1 heterocycles. The van der Waals surface area contributed by atoms with Crippen LogP contribution in [0.1, 0.15) is 38.3 Å². The van der Waals surface area contributed by atoms with E-state index in [2.05, 4.69) is 5.32 Å². The molecular weight excluding hydrogens is 411 g/mol. The van der Waals surface area contributed by atoms with Crippen LogP contribution in [0, 0.1) is 0 Å². The molecule has 3 aromatic rings. The molecule has 0 aliphatic carbocycles. The quantitative estimate of drug-likeness (QED) is 0.645. The monoisotopic (exact) mass is 433 g/mol. The summed E-state index contributed by atoms with van der Waals surface area (Å²) in [7, 11) is 0. The van der Waals surface area contributed by atoms with Crippen molar-refractivity contribution in [2.24, 2.45) is 0 Å². The lowest BCUT2D eigenvalue weighted by Gasteiger charge is -2.21. The average molecular weight is 433 g/mol. The van der Waals surface area contributed by atoms with Gasteiger partial charge in [-0.15, -0.1) is 0 Å². The number of carbonyl (C=O) groups is 1. The second-order valence-electron chi connectivity index (χ2n) is 7.07. The third-order valence-electron chi connectivity index (χ3n) is 4.98. The fourth-order valence-electron chi connectivity index (χ4n) is 3.48. The van der Waals surface area contributed by atoms with Crippen LogP contribution in [0.5, 0.6) is 0 Å². The minimum Gasteiger partial charge on any atom is -0.354 e. The molecular formula is C22H22F3N3O3. The highest BCUT2D eigenvalue weighted by atomic mass is 19.4. The first-order valence-electron chi connectivity index (χ1n) is 9.92. The van der Waals surface area contributed by atoms with E-state index in [0.29, 0.717) is 17.5 Å². The average Bonchev–Trinajstić information content (AvgIpc) is 2.74. The summed E-state index contributed by atoms with van der Waals surface area (Å²) < 4.78 is 41.5. The largest absolute Gasteiger partial charge is 0.416 e. The van der Waals surface area contributed by atoms with E-state index in [1.807, 2.05) is 6.92 Å². The lowest BCUT2D eigenvalue weighted by atomic mass is 10.1. The van der Waals surface area contributed by atoms with E-state index >= 15 is 0 Å². The first-order valence-corrected chi connectivity index (χ1v) is 9.92. The van der Waals surface area contributed by atoms with Crippen LogP contribution in [-0.4, -0.2) is 21.6 Å². The SMILES string of the molecule is CCCNC(=O)[C@H](CC)n1c(=O)n(-c2cccc(C(F)(F)F)c2)c(=O)c2ccccc21. The fraction of sp³-hybridized carbons (Fsp3) is 0.318. The Labute approximate surface area is 175 Å². The van der Waals surface area contributed by atoms with Crippen molar-refractivity contribution in [1.29, 1.82) is 0 Å². The summed E-state index contributed by atoms with van der Waals surface area (Å²) in [6, 6.07) is 9.32.